The summed E-state index contributed by atoms with van der Waals surface area (Å²) in [6, 6.07) is 15.7. The van der Waals surface area contributed by atoms with E-state index in [1.54, 1.807) is 0 Å². The number of nitrogens with zero attached hydrogens (tertiary/aromatic N) is 1. The van der Waals surface area contributed by atoms with Gasteiger partial charge in [-0.3, -0.25) is 4.99 Å². The van der Waals surface area contributed by atoms with Crippen molar-refractivity contribution in [2.75, 3.05) is 6.54 Å². The van der Waals surface area contributed by atoms with Gasteiger partial charge in [0.1, 0.15) is 6.29 Å². The van der Waals surface area contributed by atoms with Gasteiger partial charge in [0.05, 0.1) is 15.8 Å². The van der Waals surface area contributed by atoms with E-state index in [4.69, 9.17) is 28.2 Å². The second kappa shape index (κ2) is 9.19. The van der Waals surface area contributed by atoms with E-state index in [0.29, 0.717) is 23.0 Å². The van der Waals surface area contributed by atoms with Crippen LogP contribution in [-0.4, -0.2) is 25.8 Å². The molecule has 0 amide bonds. The minimum atomic E-state index is -0.138. The SMILES string of the molecule is O=CC(CN=C1[B]C(CC2CC2)=C(c2ccc(Cl)c(Cl)c2)N1)Cc1ccccc1. The normalized spacial score (nSPS) is 18.5. The molecule has 0 aromatic heterocycles. The highest BCUT2D eigenvalue weighted by molar-refractivity contribution is 6.83. The van der Waals surface area contributed by atoms with Crippen molar-refractivity contribution in [3.8, 4) is 0 Å². The van der Waals surface area contributed by atoms with Crippen molar-refractivity contribution < 1.29 is 4.79 Å². The van der Waals surface area contributed by atoms with E-state index in [2.05, 4.69) is 12.6 Å². The third-order valence-electron chi connectivity index (χ3n) is 5.33. The highest BCUT2D eigenvalue weighted by Crippen LogP contribution is 2.38. The van der Waals surface area contributed by atoms with Crippen LogP contribution < -0.4 is 5.32 Å². The van der Waals surface area contributed by atoms with Gasteiger partial charge in [0.2, 0.25) is 7.28 Å². The fourth-order valence-electron chi connectivity index (χ4n) is 3.56. The molecule has 0 spiro atoms. The van der Waals surface area contributed by atoms with Crippen LogP contribution in [0.2, 0.25) is 10.0 Å². The van der Waals surface area contributed by atoms with Crippen LogP contribution >= 0.6 is 23.2 Å². The summed E-state index contributed by atoms with van der Waals surface area (Å²) in [5.74, 6) is 0.613. The zero-order valence-electron chi connectivity index (χ0n) is 16.1. The summed E-state index contributed by atoms with van der Waals surface area (Å²) in [5, 5.41) is 4.52. The van der Waals surface area contributed by atoms with Gasteiger partial charge < -0.3 is 10.1 Å². The molecule has 2 aromatic rings. The van der Waals surface area contributed by atoms with Crippen molar-refractivity contribution in [3.63, 3.8) is 0 Å². The monoisotopic (exact) mass is 423 g/mol. The second-order valence-corrected chi connectivity index (χ2v) is 8.57. The maximum absolute atomic E-state index is 11.6. The fraction of sp³-hybridized carbons (Fsp3) is 0.304. The quantitative estimate of drug-likeness (QED) is 0.469. The van der Waals surface area contributed by atoms with Crippen LogP contribution in [0.15, 0.2) is 59.0 Å². The lowest BCUT2D eigenvalue weighted by Gasteiger charge is -2.11. The summed E-state index contributed by atoms with van der Waals surface area (Å²) < 4.78 is 0. The molecule has 1 aliphatic carbocycles. The van der Waals surface area contributed by atoms with Gasteiger partial charge in [-0.1, -0.05) is 65.1 Å². The molecule has 1 N–H and O–H groups in total. The van der Waals surface area contributed by atoms with Gasteiger partial charge in [-0.05, 0) is 54.9 Å². The Bertz CT molecular complexity index is 955. The summed E-state index contributed by atoms with van der Waals surface area (Å²) in [6.45, 7) is 0.461. The molecule has 0 bridgehead atoms. The fourth-order valence-corrected chi connectivity index (χ4v) is 3.86. The first-order valence-electron chi connectivity index (χ1n) is 9.96. The van der Waals surface area contributed by atoms with Crippen molar-refractivity contribution in [2.45, 2.75) is 25.7 Å². The van der Waals surface area contributed by atoms with E-state index >= 15 is 0 Å². The Hall–Kier alpha value is -2.04. The molecule has 1 aliphatic heterocycles. The average molecular weight is 424 g/mol. The minimum Gasteiger partial charge on any atom is -0.353 e. The topological polar surface area (TPSA) is 41.5 Å². The summed E-state index contributed by atoms with van der Waals surface area (Å²) in [4.78, 5) is 16.3. The first-order chi connectivity index (χ1) is 14.1. The number of nitrogens with one attached hydrogen (secondary N) is 1. The van der Waals surface area contributed by atoms with Crippen molar-refractivity contribution >= 4 is 48.2 Å². The number of carbonyl (C=O) groups excluding carboxylic acids is 1. The molecule has 1 saturated carbocycles. The van der Waals surface area contributed by atoms with Crippen molar-refractivity contribution in [3.05, 3.63) is 75.2 Å². The molecule has 6 heteroatoms. The highest BCUT2D eigenvalue weighted by Gasteiger charge is 2.29. The lowest BCUT2D eigenvalue weighted by Crippen LogP contribution is -2.22. The van der Waals surface area contributed by atoms with Gasteiger partial charge in [-0.15, -0.1) is 0 Å². The Morgan fingerprint density at radius 3 is 2.62 bits per heavy atom. The number of carbonyl (C=O) groups is 1. The number of rotatable bonds is 8. The second-order valence-electron chi connectivity index (χ2n) is 7.76. The lowest BCUT2D eigenvalue weighted by atomic mass is 9.67. The lowest BCUT2D eigenvalue weighted by molar-refractivity contribution is -0.110. The molecular formula is C23H22BCl2N2O. The largest absolute Gasteiger partial charge is 0.353 e. The van der Waals surface area contributed by atoms with Crippen LogP contribution in [0.1, 0.15) is 30.4 Å². The maximum Gasteiger partial charge on any atom is 0.236 e. The zero-order valence-corrected chi connectivity index (χ0v) is 17.6. The van der Waals surface area contributed by atoms with E-state index in [9.17, 15) is 4.79 Å². The molecule has 29 heavy (non-hydrogen) atoms. The molecule has 3 nitrogen and oxygen atoms in total. The molecule has 2 aliphatic rings. The average Bonchev–Trinajstić information content (AvgIpc) is 3.46. The first-order valence-corrected chi connectivity index (χ1v) is 10.7. The summed E-state index contributed by atoms with van der Waals surface area (Å²) in [6.07, 6.45) is 5.29. The third-order valence-corrected chi connectivity index (χ3v) is 6.07. The number of hydrogen-bond donors (Lipinski definition) is 1. The summed E-state index contributed by atoms with van der Waals surface area (Å²) in [7, 11) is 2.11. The molecule has 147 valence electrons. The molecular weight excluding hydrogens is 402 g/mol. The van der Waals surface area contributed by atoms with Crippen LogP contribution in [0.5, 0.6) is 0 Å². The molecule has 1 atom stereocenters. The Kier molecular flexibility index (Phi) is 6.42. The first kappa shape index (κ1) is 20.2. The molecule has 1 unspecified atom stereocenters. The molecule has 4 rings (SSSR count). The minimum absolute atomic E-state index is 0.138. The van der Waals surface area contributed by atoms with E-state index in [0.717, 1.165) is 41.2 Å². The van der Waals surface area contributed by atoms with Gasteiger partial charge in [-0.25, -0.2) is 0 Å². The number of benzene rings is 2. The molecule has 1 heterocycles. The van der Waals surface area contributed by atoms with Gasteiger partial charge in [0.25, 0.3) is 0 Å². The van der Waals surface area contributed by atoms with Crippen molar-refractivity contribution in [2.24, 2.45) is 16.8 Å². The van der Waals surface area contributed by atoms with Crippen LogP contribution in [-0.2, 0) is 11.2 Å². The number of aliphatic imine (C=N–C) groups is 1. The van der Waals surface area contributed by atoms with Gasteiger partial charge in [0, 0.05) is 18.2 Å². The van der Waals surface area contributed by atoms with Crippen LogP contribution in [0.4, 0.5) is 0 Å². The Morgan fingerprint density at radius 1 is 1.14 bits per heavy atom. The number of halogens is 2. The van der Waals surface area contributed by atoms with Gasteiger partial charge in [0.15, 0.2) is 0 Å². The van der Waals surface area contributed by atoms with Gasteiger partial charge >= 0.3 is 0 Å². The Morgan fingerprint density at radius 2 is 1.93 bits per heavy atom. The van der Waals surface area contributed by atoms with Crippen LogP contribution in [0, 0.1) is 11.8 Å². The standard InChI is InChI=1S/C23H22BCl2N2O/c25-20-9-8-18(12-21(20)26)22-19(11-16-6-7-16)24-23(28-22)27-13-17(14-29)10-15-4-2-1-3-5-15/h1-5,8-9,12,14,16-17H,6-7,10-11,13H2,(H,27,28). The van der Waals surface area contributed by atoms with Crippen LogP contribution in [0.25, 0.3) is 5.70 Å². The van der Waals surface area contributed by atoms with E-state index in [-0.39, 0.29) is 5.92 Å². The Labute approximate surface area is 182 Å². The third kappa shape index (κ3) is 5.32. The number of aldehydes is 1. The maximum atomic E-state index is 11.6. The molecule has 0 saturated heterocycles. The van der Waals surface area contributed by atoms with Crippen LogP contribution in [0.3, 0.4) is 0 Å². The van der Waals surface area contributed by atoms with E-state index in [1.807, 2.05) is 48.5 Å². The summed E-state index contributed by atoms with van der Waals surface area (Å²) in [5.41, 5.74) is 5.25. The number of allylic oxidation sites excluding steroid dienone is 1. The number of amidine groups is 1. The zero-order chi connectivity index (χ0) is 20.2. The number of hydrogen-bond acceptors (Lipinski definition) is 2. The Balaban J connectivity index is 1.48. The van der Waals surface area contributed by atoms with E-state index in [1.165, 1.54) is 18.3 Å². The highest BCUT2D eigenvalue weighted by atomic mass is 35.5. The van der Waals surface area contributed by atoms with Gasteiger partial charge in [-0.2, -0.15) is 0 Å². The summed E-state index contributed by atoms with van der Waals surface area (Å²) >= 11 is 12.3. The predicted octanol–water partition coefficient (Wildman–Crippen LogP) is 5.18. The molecule has 1 radical (unpaired) electrons. The predicted molar refractivity (Wildman–Crippen MR) is 122 cm³/mol. The molecule has 2 aromatic carbocycles. The smallest absolute Gasteiger partial charge is 0.236 e. The van der Waals surface area contributed by atoms with Crippen molar-refractivity contribution in [1.29, 1.82) is 0 Å². The van der Waals surface area contributed by atoms with Crippen molar-refractivity contribution in [1.82, 2.24) is 5.32 Å². The van der Waals surface area contributed by atoms with E-state index < -0.39 is 0 Å². The molecule has 1 fully saturated rings.